The number of hydrogen-bond donors (Lipinski definition) is 1. The van der Waals surface area contributed by atoms with Crippen molar-refractivity contribution in [2.75, 3.05) is 19.7 Å². The lowest BCUT2D eigenvalue weighted by atomic mass is 9.87. The first kappa shape index (κ1) is 22.8. The largest absolute Gasteiger partial charge is 0.492 e. The smallest absolute Gasteiger partial charge is 0.269 e. The van der Waals surface area contributed by atoms with Gasteiger partial charge in [-0.05, 0) is 41.7 Å². The van der Waals surface area contributed by atoms with Gasteiger partial charge in [-0.2, -0.15) is 0 Å². The first-order chi connectivity index (χ1) is 14.6. The summed E-state index contributed by atoms with van der Waals surface area (Å²) in [4.78, 5) is 24.4. The maximum absolute atomic E-state index is 12.5. The highest BCUT2D eigenvalue weighted by Gasteiger charge is 2.40. The van der Waals surface area contributed by atoms with Crippen molar-refractivity contribution < 1.29 is 22.7 Å². The molecule has 0 atom stereocenters. The van der Waals surface area contributed by atoms with Crippen LogP contribution in [-0.4, -0.2) is 44.2 Å². The second kappa shape index (κ2) is 9.09. The van der Waals surface area contributed by atoms with Gasteiger partial charge in [0.25, 0.3) is 15.9 Å². The van der Waals surface area contributed by atoms with E-state index >= 15 is 0 Å². The zero-order chi connectivity index (χ0) is 22.6. The molecule has 1 aliphatic rings. The molecule has 2 aromatic rings. The third-order valence-electron chi connectivity index (χ3n) is 5.09. The molecule has 1 N–H and O–H groups in total. The van der Waals surface area contributed by atoms with Crippen molar-refractivity contribution >= 4 is 21.8 Å². The Morgan fingerprint density at radius 1 is 1.06 bits per heavy atom. The van der Waals surface area contributed by atoms with Crippen molar-refractivity contribution in [2.45, 2.75) is 43.9 Å². The minimum Gasteiger partial charge on any atom is -0.492 e. The molecular weight excluding hydrogens is 416 g/mol. The number of hydrogen-bond acceptors (Lipinski definition) is 5. The highest BCUT2D eigenvalue weighted by atomic mass is 32.2. The highest BCUT2D eigenvalue weighted by Crippen LogP contribution is 2.30. The maximum Gasteiger partial charge on any atom is 0.269 e. The average Bonchev–Trinajstić information content (AvgIpc) is 2.92. The Morgan fingerprint density at radius 3 is 2.39 bits per heavy atom. The van der Waals surface area contributed by atoms with E-state index in [1.165, 1.54) is 17.7 Å². The van der Waals surface area contributed by atoms with E-state index in [1.54, 1.807) is 12.1 Å². The lowest BCUT2D eigenvalue weighted by molar-refractivity contribution is -0.121. The summed E-state index contributed by atoms with van der Waals surface area (Å²) in [5, 5.41) is 2.75. The van der Waals surface area contributed by atoms with Crippen LogP contribution in [0.5, 0.6) is 5.75 Å². The lowest BCUT2D eigenvalue weighted by Gasteiger charge is -2.19. The first-order valence-electron chi connectivity index (χ1n) is 10.3. The predicted molar refractivity (Wildman–Crippen MR) is 118 cm³/mol. The van der Waals surface area contributed by atoms with Crippen LogP contribution in [0, 0.1) is 0 Å². The summed E-state index contributed by atoms with van der Waals surface area (Å²) in [7, 11) is -3.83. The summed E-state index contributed by atoms with van der Waals surface area (Å²) in [5.74, 6) is -0.0188. The molecule has 0 saturated carbocycles. The van der Waals surface area contributed by atoms with E-state index in [0.29, 0.717) is 13.2 Å². The molecule has 0 aromatic heterocycles. The van der Waals surface area contributed by atoms with E-state index in [4.69, 9.17) is 4.74 Å². The van der Waals surface area contributed by atoms with Crippen LogP contribution in [-0.2, 0) is 20.2 Å². The summed E-state index contributed by atoms with van der Waals surface area (Å²) in [6, 6.07) is 14.0. The van der Waals surface area contributed by atoms with Crippen molar-refractivity contribution in [3.8, 4) is 5.75 Å². The van der Waals surface area contributed by atoms with Gasteiger partial charge in [-0.25, -0.2) is 12.7 Å². The summed E-state index contributed by atoms with van der Waals surface area (Å²) in [5.41, 5.74) is 1.48. The fourth-order valence-electron chi connectivity index (χ4n) is 3.33. The molecule has 0 saturated heterocycles. The Hall–Kier alpha value is -2.87. The molecule has 0 fully saturated rings. The minimum absolute atomic E-state index is 0.0251. The van der Waals surface area contributed by atoms with Crippen LogP contribution in [0.4, 0.5) is 0 Å². The van der Waals surface area contributed by atoms with Crippen LogP contribution in [0.15, 0.2) is 53.4 Å². The second-order valence-corrected chi connectivity index (χ2v) is 10.3. The monoisotopic (exact) mass is 444 g/mol. The molecule has 0 unspecified atom stereocenters. The molecule has 0 spiro atoms. The van der Waals surface area contributed by atoms with E-state index < -0.39 is 15.9 Å². The van der Waals surface area contributed by atoms with Gasteiger partial charge in [0.05, 0.1) is 12.1 Å². The summed E-state index contributed by atoms with van der Waals surface area (Å²) in [6.45, 7) is 7.08. The molecule has 166 valence electrons. The van der Waals surface area contributed by atoms with Crippen LogP contribution in [0.3, 0.4) is 0 Å². The quantitative estimate of drug-likeness (QED) is 0.632. The normalized spacial score (nSPS) is 14.9. The van der Waals surface area contributed by atoms with Gasteiger partial charge >= 0.3 is 0 Å². The zero-order valence-corrected chi connectivity index (χ0v) is 18.9. The number of fused-ring (bicyclic) bond motifs is 1. The topological polar surface area (TPSA) is 92.8 Å². The van der Waals surface area contributed by atoms with Crippen LogP contribution >= 0.6 is 0 Å². The predicted octanol–water partition coefficient (Wildman–Crippen LogP) is 3.10. The number of nitrogens with zero attached hydrogens (tertiary/aromatic N) is 1. The second-order valence-electron chi connectivity index (χ2n) is 8.45. The summed E-state index contributed by atoms with van der Waals surface area (Å²) in [6.07, 6.45) is 0.371. The fourth-order valence-corrected chi connectivity index (χ4v) is 4.94. The third kappa shape index (κ3) is 5.25. The van der Waals surface area contributed by atoms with E-state index in [1.807, 2.05) is 24.3 Å². The number of sulfonamides is 1. The Balaban J connectivity index is 1.38. The number of nitrogens with one attached hydrogen (secondary N) is 1. The third-order valence-corrected chi connectivity index (χ3v) is 6.93. The molecule has 31 heavy (non-hydrogen) atoms. The Kier molecular flexibility index (Phi) is 6.69. The molecule has 0 bridgehead atoms. The Morgan fingerprint density at radius 2 is 1.74 bits per heavy atom. The van der Waals surface area contributed by atoms with Gasteiger partial charge in [-0.1, -0.05) is 45.0 Å². The van der Waals surface area contributed by atoms with Gasteiger partial charge in [0, 0.05) is 13.0 Å². The van der Waals surface area contributed by atoms with Crippen molar-refractivity contribution in [1.29, 1.82) is 0 Å². The van der Waals surface area contributed by atoms with E-state index in [-0.39, 0.29) is 41.2 Å². The number of rotatable bonds is 8. The van der Waals surface area contributed by atoms with Crippen LogP contribution in [0.2, 0.25) is 0 Å². The SMILES string of the molecule is CC(C)(C)c1ccc(OCCNC(=O)CCCN2C(=O)c3ccccc3S2(=O)=O)cc1. The molecule has 1 aliphatic heterocycles. The molecule has 0 radical (unpaired) electrons. The van der Waals surface area contributed by atoms with Crippen molar-refractivity contribution in [3.05, 3.63) is 59.7 Å². The number of benzene rings is 2. The molecule has 2 amide bonds. The first-order valence-corrected chi connectivity index (χ1v) is 11.7. The molecule has 2 aromatic carbocycles. The number of carbonyl (C=O) groups excluding carboxylic acids is 2. The van der Waals surface area contributed by atoms with Crippen LogP contribution < -0.4 is 10.1 Å². The standard InChI is InChI=1S/C23H28N2O5S/c1-23(2,3)17-10-12-18(13-11-17)30-16-14-24-21(26)9-6-15-25-22(27)19-7-4-5-8-20(19)31(25,28)29/h4-5,7-8,10-13H,6,9,14-16H2,1-3H3,(H,24,26). The van der Waals surface area contributed by atoms with Crippen LogP contribution in [0.25, 0.3) is 0 Å². The molecular formula is C23H28N2O5S. The van der Waals surface area contributed by atoms with Gasteiger partial charge in [-0.3, -0.25) is 9.59 Å². The Bertz CT molecular complexity index is 1060. The van der Waals surface area contributed by atoms with Gasteiger partial charge < -0.3 is 10.1 Å². The molecule has 8 heteroatoms. The molecule has 1 heterocycles. The molecule has 3 rings (SSSR count). The van der Waals surface area contributed by atoms with E-state index in [9.17, 15) is 18.0 Å². The molecule has 0 aliphatic carbocycles. The van der Waals surface area contributed by atoms with Gasteiger partial charge in [0.2, 0.25) is 5.91 Å². The maximum atomic E-state index is 12.5. The average molecular weight is 445 g/mol. The van der Waals surface area contributed by atoms with E-state index in [2.05, 4.69) is 26.1 Å². The van der Waals surface area contributed by atoms with Crippen molar-refractivity contribution in [3.63, 3.8) is 0 Å². The van der Waals surface area contributed by atoms with Gasteiger partial charge in [-0.15, -0.1) is 0 Å². The highest BCUT2D eigenvalue weighted by molar-refractivity contribution is 7.90. The number of amides is 2. The van der Waals surface area contributed by atoms with Crippen molar-refractivity contribution in [1.82, 2.24) is 9.62 Å². The Labute approximate surface area is 183 Å². The molecule has 7 nitrogen and oxygen atoms in total. The van der Waals surface area contributed by atoms with Gasteiger partial charge in [0.15, 0.2) is 0 Å². The van der Waals surface area contributed by atoms with E-state index in [0.717, 1.165) is 10.1 Å². The summed E-state index contributed by atoms with van der Waals surface area (Å²) >= 11 is 0. The van der Waals surface area contributed by atoms with Gasteiger partial charge in [0.1, 0.15) is 17.3 Å². The van der Waals surface area contributed by atoms with Crippen LogP contribution in [0.1, 0.15) is 49.5 Å². The lowest BCUT2D eigenvalue weighted by Crippen LogP contribution is -2.33. The van der Waals surface area contributed by atoms with Crippen molar-refractivity contribution in [2.24, 2.45) is 0 Å². The number of carbonyl (C=O) groups is 2. The minimum atomic E-state index is -3.83. The number of ether oxygens (including phenoxy) is 1. The summed E-state index contributed by atoms with van der Waals surface area (Å²) < 4.78 is 31.4. The fraction of sp³-hybridized carbons (Fsp3) is 0.391. The zero-order valence-electron chi connectivity index (χ0n) is 18.1.